The second-order valence-electron chi connectivity index (χ2n) is 6.32. The summed E-state index contributed by atoms with van der Waals surface area (Å²) in [5.41, 5.74) is 1.57. The lowest BCUT2D eigenvalue weighted by atomic mass is 10.0. The monoisotopic (exact) mass is 544 g/mol. The molecule has 4 rings (SSSR count). The number of anilines is 1. The summed E-state index contributed by atoms with van der Waals surface area (Å²) in [5, 5.41) is 8.02. The predicted octanol–water partition coefficient (Wildman–Crippen LogP) is 4.71. The van der Waals surface area contributed by atoms with Gasteiger partial charge in [0, 0.05) is 15.6 Å². The van der Waals surface area contributed by atoms with Crippen LogP contribution in [-0.2, 0) is 11.4 Å². The molecule has 29 heavy (non-hydrogen) atoms. The van der Waals surface area contributed by atoms with E-state index in [0.29, 0.717) is 33.1 Å². The molecule has 1 N–H and O–H groups in total. The highest BCUT2D eigenvalue weighted by Gasteiger charge is 2.29. The van der Waals surface area contributed by atoms with Crippen LogP contribution < -0.4 is 14.8 Å². The Labute approximate surface area is 190 Å². The van der Waals surface area contributed by atoms with E-state index in [2.05, 4.69) is 38.0 Å². The molecule has 1 atom stereocenters. The number of carbonyl (C=O) groups excluding carboxylic acids is 1. The van der Waals surface area contributed by atoms with Crippen LogP contribution in [-0.4, -0.2) is 27.8 Å². The number of hydrogen-bond donors (Lipinski definition) is 1. The number of aromatic nitrogens is 3. The van der Waals surface area contributed by atoms with Crippen molar-refractivity contribution in [2.45, 2.75) is 19.1 Å². The van der Waals surface area contributed by atoms with E-state index in [4.69, 9.17) is 32.7 Å². The normalized spacial score (nSPS) is 15.6. The van der Waals surface area contributed by atoms with Gasteiger partial charge < -0.3 is 9.47 Å². The third kappa shape index (κ3) is 4.01. The molecular weight excluding hydrogens is 530 g/mol. The van der Waals surface area contributed by atoms with Gasteiger partial charge >= 0.3 is 0 Å². The van der Waals surface area contributed by atoms with E-state index in [-0.39, 0.29) is 25.0 Å². The molecule has 0 radical (unpaired) electrons. The molecule has 1 amide bonds. The maximum absolute atomic E-state index is 12.1. The Morgan fingerprint density at radius 1 is 1.31 bits per heavy atom. The summed E-state index contributed by atoms with van der Waals surface area (Å²) in [6.45, 7) is 0.198. The number of hydrogen-bond acceptors (Lipinski definition) is 5. The number of benzene rings is 2. The molecule has 0 unspecified atom stereocenters. The quantitative estimate of drug-likeness (QED) is 0.471. The van der Waals surface area contributed by atoms with E-state index in [1.54, 1.807) is 30.0 Å². The minimum absolute atomic E-state index is 0.113. The Bertz CT molecular complexity index is 1070. The second-order valence-corrected chi connectivity index (χ2v) is 8.30. The average Bonchev–Trinajstić information content (AvgIpc) is 3.15. The van der Waals surface area contributed by atoms with Gasteiger partial charge in [0.05, 0.1) is 23.1 Å². The SMILES string of the molecule is COc1cc([C@@H]2CC(=O)Nc3ncnn32)cc(I)c1OCc1c(Cl)cccc1Cl. The zero-order valence-corrected chi connectivity index (χ0v) is 18.8. The van der Waals surface area contributed by atoms with Crippen molar-refractivity contribution < 1.29 is 14.3 Å². The lowest BCUT2D eigenvalue weighted by Crippen LogP contribution is -2.29. The molecule has 0 bridgehead atoms. The predicted molar refractivity (Wildman–Crippen MR) is 118 cm³/mol. The number of rotatable bonds is 5. The van der Waals surface area contributed by atoms with Crippen LogP contribution in [0.4, 0.5) is 5.95 Å². The number of methoxy groups -OCH3 is 1. The number of halogens is 3. The van der Waals surface area contributed by atoms with Crippen molar-refractivity contribution in [2.24, 2.45) is 0 Å². The van der Waals surface area contributed by atoms with E-state index < -0.39 is 0 Å². The van der Waals surface area contributed by atoms with Crippen molar-refractivity contribution in [3.05, 3.63) is 61.4 Å². The summed E-state index contributed by atoms with van der Waals surface area (Å²) in [6, 6.07) is 8.83. The number of ether oxygens (including phenoxy) is 2. The first-order valence-electron chi connectivity index (χ1n) is 8.60. The molecule has 2 aromatic carbocycles. The number of amides is 1. The molecule has 1 aliphatic heterocycles. The van der Waals surface area contributed by atoms with Crippen molar-refractivity contribution in [3.8, 4) is 11.5 Å². The topological polar surface area (TPSA) is 78.3 Å². The van der Waals surface area contributed by atoms with Gasteiger partial charge in [0.2, 0.25) is 11.9 Å². The van der Waals surface area contributed by atoms with Crippen LogP contribution >= 0.6 is 45.8 Å². The Morgan fingerprint density at radius 3 is 2.79 bits per heavy atom. The molecule has 0 aliphatic carbocycles. The van der Waals surface area contributed by atoms with Gasteiger partial charge in [0.1, 0.15) is 12.9 Å². The van der Waals surface area contributed by atoms with E-state index in [9.17, 15) is 4.79 Å². The summed E-state index contributed by atoms with van der Waals surface area (Å²) in [4.78, 5) is 16.1. The first-order valence-corrected chi connectivity index (χ1v) is 10.4. The molecule has 150 valence electrons. The standard InChI is InChI=1S/C19H15Cl2IN4O3/c1-28-16-6-10(15-7-17(27)25-19-23-9-24-26(15)19)5-14(22)18(16)29-8-11-12(20)3-2-4-13(11)21/h2-6,9,15H,7-8H2,1H3,(H,23,24,25,27)/t15-/m0/s1. The molecule has 1 aliphatic rings. The van der Waals surface area contributed by atoms with Gasteiger partial charge in [-0.3, -0.25) is 10.1 Å². The van der Waals surface area contributed by atoms with Crippen LogP contribution in [0.15, 0.2) is 36.7 Å². The molecule has 0 saturated carbocycles. The third-order valence-electron chi connectivity index (χ3n) is 4.56. The number of carbonyl (C=O) groups is 1. The van der Waals surface area contributed by atoms with Crippen LogP contribution in [0.1, 0.15) is 23.6 Å². The summed E-state index contributed by atoms with van der Waals surface area (Å²) in [5.74, 6) is 1.43. The number of nitrogens with zero attached hydrogens (tertiary/aromatic N) is 3. The zero-order chi connectivity index (χ0) is 20.5. The van der Waals surface area contributed by atoms with Crippen LogP contribution in [0.5, 0.6) is 11.5 Å². The molecule has 0 fully saturated rings. The Morgan fingerprint density at radius 2 is 2.07 bits per heavy atom. The van der Waals surface area contributed by atoms with Crippen LogP contribution in [0.25, 0.3) is 0 Å². The summed E-state index contributed by atoms with van der Waals surface area (Å²) < 4.78 is 14.1. The van der Waals surface area contributed by atoms with Gasteiger partial charge in [-0.15, -0.1) is 0 Å². The van der Waals surface area contributed by atoms with Crippen molar-refractivity contribution in [3.63, 3.8) is 0 Å². The summed E-state index contributed by atoms with van der Waals surface area (Å²) in [6.07, 6.45) is 1.67. The van der Waals surface area contributed by atoms with Crippen molar-refractivity contribution >= 4 is 57.6 Å². The summed E-state index contributed by atoms with van der Waals surface area (Å²) in [7, 11) is 1.57. The molecule has 10 heteroatoms. The van der Waals surface area contributed by atoms with Crippen LogP contribution in [0, 0.1) is 3.57 Å². The van der Waals surface area contributed by atoms with Crippen molar-refractivity contribution in [1.29, 1.82) is 0 Å². The van der Waals surface area contributed by atoms with Crippen molar-refractivity contribution in [2.75, 3.05) is 12.4 Å². The minimum Gasteiger partial charge on any atom is -0.493 e. The maximum Gasteiger partial charge on any atom is 0.229 e. The fourth-order valence-corrected chi connectivity index (χ4v) is 4.44. The average molecular weight is 545 g/mol. The lowest BCUT2D eigenvalue weighted by Gasteiger charge is -2.25. The van der Waals surface area contributed by atoms with E-state index >= 15 is 0 Å². The smallest absolute Gasteiger partial charge is 0.229 e. The maximum atomic E-state index is 12.1. The lowest BCUT2D eigenvalue weighted by molar-refractivity contribution is -0.117. The zero-order valence-electron chi connectivity index (χ0n) is 15.2. The Balaban J connectivity index is 1.66. The molecule has 1 aromatic heterocycles. The van der Waals surface area contributed by atoms with Gasteiger partial charge in [-0.1, -0.05) is 29.3 Å². The highest BCUT2D eigenvalue weighted by atomic mass is 127. The van der Waals surface area contributed by atoms with Gasteiger partial charge in [0.15, 0.2) is 11.5 Å². The fourth-order valence-electron chi connectivity index (χ4n) is 3.15. The highest BCUT2D eigenvalue weighted by Crippen LogP contribution is 2.39. The van der Waals surface area contributed by atoms with E-state index in [0.717, 1.165) is 9.13 Å². The first-order chi connectivity index (χ1) is 14.0. The fraction of sp³-hybridized carbons (Fsp3) is 0.211. The third-order valence-corrected chi connectivity index (χ3v) is 6.07. The molecule has 3 aromatic rings. The van der Waals surface area contributed by atoms with Gasteiger partial charge in [-0.25, -0.2) is 4.68 Å². The van der Waals surface area contributed by atoms with Crippen molar-refractivity contribution in [1.82, 2.24) is 14.8 Å². The Kier molecular flexibility index (Phi) is 5.84. The highest BCUT2D eigenvalue weighted by molar-refractivity contribution is 14.1. The van der Waals surface area contributed by atoms with Gasteiger partial charge in [0.25, 0.3) is 0 Å². The summed E-state index contributed by atoms with van der Waals surface area (Å²) >= 11 is 14.6. The minimum atomic E-state index is -0.282. The largest absolute Gasteiger partial charge is 0.493 e. The second kappa shape index (κ2) is 8.37. The van der Waals surface area contributed by atoms with Crippen LogP contribution in [0.2, 0.25) is 10.0 Å². The van der Waals surface area contributed by atoms with E-state index in [1.807, 2.05) is 12.1 Å². The Hall–Kier alpha value is -2.04. The number of nitrogens with one attached hydrogen (secondary N) is 1. The molecule has 7 nitrogen and oxygen atoms in total. The molecule has 0 saturated heterocycles. The number of fused-ring (bicyclic) bond motifs is 1. The molecule has 0 spiro atoms. The van der Waals surface area contributed by atoms with E-state index in [1.165, 1.54) is 6.33 Å². The van der Waals surface area contributed by atoms with Crippen LogP contribution in [0.3, 0.4) is 0 Å². The first kappa shape index (κ1) is 20.2. The van der Waals surface area contributed by atoms with Gasteiger partial charge in [-0.2, -0.15) is 10.1 Å². The van der Waals surface area contributed by atoms with Gasteiger partial charge in [-0.05, 0) is 52.4 Å². The molecular formula is C19H15Cl2IN4O3. The molecule has 2 heterocycles.